The van der Waals surface area contributed by atoms with Crippen molar-refractivity contribution in [3.05, 3.63) is 120 Å². The quantitative estimate of drug-likeness (QED) is 0.254. The van der Waals surface area contributed by atoms with E-state index in [2.05, 4.69) is 0 Å². The van der Waals surface area contributed by atoms with Gasteiger partial charge in [0.05, 0.1) is 6.61 Å². The largest absolute Gasteiger partial charge is 0.491 e. The van der Waals surface area contributed by atoms with Gasteiger partial charge in [0.2, 0.25) is 0 Å². The van der Waals surface area contributed by atoms with Crippen LogP contribution in [-0.2, 0) is 4.57 Å². The molecule has 0 radical (unpaired) electrons. The Bertz CT molecular complexity index is 1350. The summed E-state index contributed by atoms with van der Waals surface area (Å²) in [6.45, 7) is -0.244. The van der Waals surface area contributed by atoms with Crippen molar-refractivity contribution >= 4 is 13.1 Å². The second-order valence-corrected chi connectivity index (χ2v) is 9.47. The van der Waals surface area contributed by atoms with Crippen LogP contribution in [0.1, 0.15) is 27.6 Å². The molecule has 4 aromatic carbocycles. The summed E-state index contributed by atoms with van der Waals surface area (Å²) >= 11 is 0. The van der Waals surface area contributed by atoms with Crippen LogP contribution < -0.4 is 9.47 Å². The molecule has 3 N–H and O–H groups in total. The number of aliphatic hydroxyl groups is 1. The third-order valence-corrected chi connectivity index (χ3v) is 6.26. The van der Waals surface area contributed by atoms with Crippen LogP contribution in [0.15, 0.2) is 103 Å². The fourth-order valence-electron chi connectivity index (χ4n) is 3.77. The summed E-state index contributed by atoms with van der Waals surface area (Å²) in [6.07, 6.45) is -0.771. The summed E-state index contributed by atoms with van der Waals surface area (Å²) in [5.41, 5.74) is 1.74. The number of aliphatic hydroxyl groups excluding tert-OH is 1. The highest BCUT2D eigenvalue weighted by atomic mass is 31.2. The van der Waals surface area contributed by atoms with Crippen LogP contribution >= 0.6 is 7.60 Å². The van der Waals surface area contributed by atoms with E-state index in [4.69, 9.17) is 9.47 Å². The summed E-state index contributed by atoms with van der Waals surface area (Å²) in [5.74, 6) is 0.865. The normalized spacial score (nSPS) is 12.1. The van der Waals surface area contributed by atoms with Gasteiger partial charge in [-0.1, -0.05) is 72.8 Å². The van der Waals surface area contributed by atoms with Gasteiger partial charge in [-0.2, -0.15) is 0 Å². The number of ether oxygens (including phenoxy) is 2. The van der Waals surface area contributed by atoms with E-state index in [-0.39, 0.29) is 18.8 Å². The third kappa shape index (κ3) is 6.08. The fraction of sp³-hybridized carbons (Fsp3) is 0.107. The van der Waals surface area contributed by atoms with Gasteiger partial charge < -0.3 is 24.4 Å². The molecular formula is C28H25O7P. The Hall–Kier alpha value is -3.74. The highest BCUT2D eigenvalue weighted by Crippen LogP contribution is 2.42. The zero-order valence-corrected chi connectivity index (χ0v) is 20.1. The Morgan fingerprint density at radius 3 is 2.03 bits per heavy atom. The van der Waals surface area contributed by atoms with Gasteiger partial charge in [0.1, 0.15) is 18.1 Å². The highest BCUT2D eigenvalue weighted by molar-refractivity contribution is 7.70. The van der Waals surface area contributed by atoms with E-state index in [0.29, 0.717) is 17.1 Å². The SMILES string of the molecule is O=C(c1ccc(OCCO)c(C(Oc2ccc(-c3ccccc3)cc2)c2ccccc2)c1)P(=O)(O)O. The number of benzene rings is 4. The van der Waals surface area contributed by atoms with Crippen LogP contribution in [0.5, 0.6) is 11.5 Å². The minimum absolute atomic E-state index is 0.00787. The second-order valence-electron chi connectivity index (χ2n) is 7.97. The lowest BCUT2D eigenvalue weighted by Gasteiger charge is -2.23. The minimum Gasteiger partial charge on any atom is -0.491 e. The van der Waals surface area contributed by atoms with Crippen LogP contribution in [-0.4, -0.2) is 33.6 Å². The molecule has 1 atom stereocenters. The number of rotatable bonds is 10. The molecule has 4 aromatic rings. The molecule has 0 saturated heterocycles. The number of carbonyl (C=O) groups excluding carboxylic acids is 1. The molecule has 36 heavy (non-hydrogen) atoms. The predicted octanol–water partition coefficient (Wildman–Crippen LogP) is 5.21. The molecule has 184 valence electrons. The maximum Gasteiger partial charge on any atom is 0.396 e. The molecule has 4 rings (SSSR count). The van der Waals surface area contributed by atoms with Gasteiger partial charge in [0.15, 0.2) is 6.10 Å². The van der Waals surface area contributed by atoms with Crippen LogP contribution in [0, 0.1) is 0 Å². The average Bonchev–Trinajstić information content (AvgIpc) is 2.91. The van der Waals surface area contributed by atoms with Gasteiger partial charge in [0.25, 0.3) is 5.52 Å². The smallest absolute Gasteiger partial charge is 0.396 e. The first-order chi connectivity index (χ1) is 17.4. The summed E-state index contributed by atoms with van der Waals surface area (Å²) in [4.78, 5) is 31.2. The molecule has 7 nitrogen and oxygen atoms in total. The summed E-state index contributed by atoms with van der Waals surface area (Å²) in [7, 11) is -5.00. The molecule has 0 aliphatic carbocycles. The average molecular weight is 504 g/mol. The molecular weight excluding hydrogens is 479 g/mol. The molecule has 0 heterocycles. The van der Waals surface area contributed by atoms with Crippen molar-refractivity contribution in [3.8, 4) is 22.6 Å². The lowest BCUT2D eigenvalue weighted by Crippen LogP contribution is -2.14. The Morgan fingerprint density at radius 2 is 1.42 bits per heavy atom. The van der Waals surface area contributed by atoms with Crippen LogP contribution in [0.4, 0.5) is 0 Å². The van der Waals surface area contributed by atoms with Crippen molar-refractivity contribution in [1.29, 1.82) is 0 Å². The van der Waals surface area contributed by atoms with E-state index in [9.17, 15) is 24.3 Å². The Morgan fingerprint density at radius 1 is 0.806 bits per heavy atom. The summed E-state index contributed by atoms with van der Waals surface area (Å²) in [6, 6.07) is 30.7. The van der Waals surface area contributed by atoms with Gasteiger partial charge in [-0.05, 0) is 47.0 Å². The topological polar surface area (TPSA) is 113 Å². The maximum atomic E-state index is 12.3. The molecule has 0 bridgehead atoms. The molecule has 1 unspecified atom stereocenters. The lowest BCUT2D eigenvalue weighted by atomic mass is 9.98. The van der Waals surface area contributed by atoms with Crippen LogP contribution in [0.3, 0.4) is 0 Å². The highest BCUT2D eigenvalue weighted by Gasteiger charge is 2.30. The van der Waals surface area contributed by atoms with E-state index in [0.717, 1.165) is 16.7 Å². The molecule has 0 amide bonds. The molecule has 0 aliphatic heterocycles. The van der Waals surface area contributed by atoms with E-state index >= 15 is 0 Å². The standard InChI is InChI=1S/C28H25O7P/c29-17-18-34-26-16-13-23(28(30)36(31,32)33)19-25(26)27(22-9-5-2-6-10-22)35-24-14-11-21(12-15-24)20-7-3-1-4-8-20/h1-16,19,27,29H,17-18H2,(H2,31,32,33). The zero-order chi connectivity index (χ0) is 25.5. The van der Waals surface area contributed by atoms with E-state index in [1.807, 2.05) is 84.9 Å². The monoisotopic (exact) mass is 504 g/mol. The van der Waals surface area contributed by atoms with Crippen molar-refractivity contribution < 1.29 is 33.7 Å². The van der Waals surface area contributed by atoms with Crippen molar-refractivity contribution in [2.24, 2.45) is 0 Å². The lowest BCUT2D eigenvalue weighted by molar-refractivity contribution is 0.104. The van der Waals surface area contributed by atoms with Gasteiger partial charge in [-0.15, -0.1) is 0 Å². The Balaban J connectivity index is 1.76. The number of hydrogen-bond acceptors (Lipinski definition) is 5. The zero-order valence-electron chi connectivity index (χ0n) is 19.2. The third-order valence-electron chi connectivity index (χ3n) is 5.47. The van der Waals surface area contributed by atoms with Gasteiger partial charge >= 0.3 is 7.60 Å². The van der Waals surface area contributed by atoms with E-state index in [1.165, 1.54) is 18.2 Å². The van der Waals surface area contributed by atoms with E-state index in [1.54, 1.807) is 0 Å². The predicted molar refractivity (Wildman–Crippen MR) is 136 cm³/mol. The van der Waals surface area contributed by atoms with Crippen molar-refractivity contribution in [2.75, 3.05) is 13.2 Å². The van der Waals surface area contributed by atoms with Crippen LogP contribution in [0.25, 0.3) is 11.1 Å². The van der Waals surface area contributed by atoms with Crippen molar-refractivity contribution in [2.45, 2.75) is 6.10 Å². The molecule has 8 heteroatoms. The second kappa shape index (κ2) is 11.3. The molecule has 0 aliphatic rings. The first-order valence-corrected chi connectivity index (χ1v) is 12.8. The fourth-order valence-corrected chi connectivity index (χ4v) is 4.25. The first-order valence-electron chi connectivity index (χ1n) is 11.2. The maximum absolute atomic E-state index is 12.3. The van der Waals surface area contributed by atoms with Crippen molar-refractivity contribution in [3.63, 3.8) is 0 Å². The first kappa shape index (κ1) is 25.4. The molecule has 0 aromatic heterocycles. The van der Waals surface area contributed by atoms with Gasteiger partial charge in [0, 0.05) is 11.1 Å². The number of hydrogen-bond donors (Lipinski definition) is 3. The van der Waals surface area contributed by atoms with Crippen LogP contribution in [0.2, 0.25) is 0 Å². The Kier molecular flexibility index (Phi) is 7.98. The molecule has 0 spiro atoms. The minimum atomic E-state index is -5.00. The van der Waals surface area contributed by atoms with Gasteiger partial charge in [-0.3, -0.25) is 9.36 Å². The Labute approximate surface area is 208 Å². The molecule has 0 fully saturated rings. The molecule has 0 saturated carbocycles. The van der Waals surface area contributed by atoms with E-state index < -0.39 is 19.2 Å². The van der Waals surface area contributed by atoms with Gasteiger partial charge in [-0.25, -0.2) is 0 Å². The summed E-state index contributed by atoms with van der Waals surface area (Å²) in [5, 5.41) is 9.27. The number of carbonyl (C=O) groups is 1. The van der Waals surface area contributed by atoms with Crippen molar-refractivity contribution in [1.82, 2.24) is 0 Å². The summed E-state index contributed by atoms with van der Waals surface area (Å²) < 4.78 is 23.7.